The summed E-state index contributed by atoms with van der Waals surface area (Å²) in [6, 6.07) is 14.4. The van der Waals surface area contributed by atoms with E-state index in [-0.39, 0.29) is 6.42 Å². The second kappa shape index (κ2) is 5.81. The minimum Gasteiger partial charge on any atom is -0.481 e. The quantitative estimate of drug-likeness (QED) is 0.757. The molecule has 3 nitrogen and oxygen atoms in total. The van der Waals surface area contributed by atoms with Crippen LogP contribution in [0.5, 0.6) is 0 Å². The Hall–Kier alpha value is -2.33. The van der Waals surface area contributed by atoms with Gasteiger partial charge in [0.05, 0.1) is 17.6 Å². The van der Waals surface area contributed by atoms with Gasteiger partial charge in [0.2, 0.25) is 0 Å². The molecular weight excluding hydrogens is 296 g/mol. The summed E-state index contributed by atoms with van der Waals surface area (Å²) in [5, 5.41) is 10.5. The van der Waals surface area contributed by atoms with E-state index < -0.39 is 5.97 Å². The van der Waals surface area contributed by atoms with Crippen LogP contribution in [0.2, 0.25) is 5.02 Å². The first kappa shape index (κ1) is 14.6. The molecule has 3 aromatic rings. The molecule has 1 heterocycles. The molecule has 106 valence electrons. The van der Waals surface area contributed by atoms with Gasteiger partial charge in [0.15, 0.2) is 0 Å². The maximum Gasteiger partial charge on any atom is 0.307 e. The molecule has 0 saturated carbocycles. The third-order valence-corrected chi connectivity index (χ3v) is 3.59. The molecule has 0 bridgehead atoms. The molecule has 2 aromatic carbocycles. The molecule has 0 aliphatic heterocycles. The molecule has 0 unspecified atom stereocenters. The summed E-state index contributed by atoms with van der Waals surface area (Å²) < 4.78 is 0. The predicted molar refractivity (Wildman–Crippen MR) is 88.9 cm³/mol. The third kappa shape index (κ3) is 2.97. The van der Waals surface area contributed by atoms with Crippen LogP contribution in [0.25, 0.3) is 22.2 Å². The van der Waals surface area contributed by atoms with Crippen molar-refractivity contribution in [3.63, 3.8) is 0 Å². The van der Waals surface area contributed by atoms with Crippen LogP contribution < -0.4 is 5.46 Å². The van der Waals surface area contributed by atoms with E-state index in [1.54, 1.807) is 24.3 Å². The Labute approximate surface area is 134 Å². The van der Waals surface area contributed by atoms with Crippen molar-refractivity contribution in [1.82, 2.24) is 4.98 Å². The smallest absolute Gasteiger partial charge is 0.307 e. The van der Waals surface area contributed by atoms with Crippen LogP contribution >= 0.6 is 11.6 Å². The zero-order valence-electron chi connectivity index (χ0n) is 11.6. The summed E-state index contributed by atoms with van der Waals surface area (Å²) in [7, 11) is 5.78. The average molecular weight is 308 g/mol. The van der Waals surface area contributed by atoms with E-state index in [1.807, 2.05) is 24.3 Å². The number of carboxylic acids is 1. The molecule has 0 amide bonds. The van der Waals surface area contributed by atoms with Crippen molar-refractivity contribution in [2.24, 2.45) is 0 Å². The Kier molecular flexibility index (Phi) is 3.86. The second-order valence-corrected chi connectivity index (χ2v) is 5.47. The van der Waals surface area contributed by atoms with Crippen LogP contribution in [-0.4, -0.2) is 23.9 Å². The number of benzene rings is 2. The van der Waals surface area contributed by atoms with Crippen LogP contribution in [0.4, 0.5) is 0 Å². The molecule has 3 rings (SSSR count). The fraction of sp³-hybridized carbons (Fsp3) is 0.0588. The first-order valence-electron chi connectivity index (χ1n) is 6.70. The summed E-state index contributed by atoms with van der Waals surface area (Å²) in [5.41, 5.74) is 3.43. The van der Waals surface area contributed by atoms with Crippen LogP contribution in [0.15, 0.2) is 48.5 Å². The minimum atomic E-state index is -0.909. The summed E-state index contributed by atoms with van der Waals surface area (Å²) >= 11 is 6.03. The van der Waals surface area contributed by atoms with Crippen molar-refractivity contribution in [2.75, 3.05) is 0 Å². The number of aliphatic carboxylic acids is 1. The predicted octanol–water partition coefficient (Wildman–Crippen LogP) is 2.98. The SMILES string of the molecule is [B]c1ccc2nc(-c3cccc(Cl)c3)c(CC(=O)O)cc2c1. The fourth-order valence-corrected chi connectivity index (χ4v) is 2.61. The Morgan fingerprint density at radius 3 is 2.73 bits per heavy atom. The molecule has 0 fully saturated rings. The van der Waals surface area contributed by atoms with E-state index >= 15 is 0 Å². The zero-order valence-corrected chi connectivity index (χ0v) is 12.3. The number of hydrogen-bond donors (Lipinski definition) is 1. The van der Waals surface area contributed by atoms with Crippen molar-refractivity contribution in [1.29, 1.82) is 0 Å². The van der Waals surface area contributed by atoms with Crippen molar-refractivity contribution < 1.29 is 9.90 Å². The van der Waals surface area contributed by atoms with Gasteiger partial charge in [-0.05, 0) is 35.2 Å². The lowest BCUT2D eigenvalue weighted by Crippen LogP contribution is -2.05. The Morgan fingerprint density at radius 1 is 1.18 bits per heavy atom. The van der Waals surface area contributed by atoms with Gasteiger partial charge in [0.25, 0.3) is 0 Å². The standard InChI is InChI=1S/C17H11BClNO2/c18-13-4-5-15-11(7-13)6-12(9-16(21)22)17(20-15)10-2-1-3-14(19)8-10/h1-8H,9H2,(H,21,22). The second-order valence-electron chi connectivity index (χ2n) is 5.03. The van der Waals surface area contributed by atoms with E-state index in [0.717, 1.165) is 16.5 Å². The first-order chi connectivity index (χ1) is 10.5. The zero-order chi connectivity index (χ0) is 15.7. The molecule has 1 aromatic heterocycles. The molecular formula is C17H11BClNO2. The lowest BCUT2D eigenvalue weighted by atomic mass is 9.93. The Balaban J connectivity index is 2.26. The average Bonchev–Trinajstić information content (AvgIpc) is 2.45. The minimum absolute atomic E-state index is 0.112. The van der Waals surface area contributed by atoms with E-state index in [4.69, 9.17) is 24.6 Å². The molecule has 0 saturated heterocycles. The Bertz CT molecular complexity index is 880. The number of fused-ring (bicyclic) bond motifs is 1. The van der Waals surface area contributed by atoms with Gasteiger partial charge in [0, 0.05) is 10.6 Å². The van der Waals surface area contributed by atoms with Gasteiger partial charge in [-0.3, -0.25) is 4.79 Å². The number of aromatic nitrogens is 1. The normalized spacial score (nSPS) is 10.8. The van der Waals surface area contributed by atoms with Gasteiger partial charge in [-0.25, -0.2) is 4.98 Å². The molecule has 5 heteroatoms. The van der Waals surface area contributed by atoms with Crippen molar-refractivity contribution >= 4 is 41.8 Å². The maximum absolute atomic E-state index is 11.1. The van der Waals surface area contributed by atoms with E-state index in [9.17, 15) is 4.79 Å². The molecule has 2 radical (unpaired) electrons. The number of hydrogen-bond acceptors (Lipinski definition) is 2. The summed E-state index contributed by atoms with van der Waals surface area (Å²) in [6.07, 6.45) is -0.112. The third-order valence-electron chi connectivity index (χ3n) is 3.36. The molecule has 0 atom stereocenters. The lowest BCUT2D eigenvalue weighted by Gasteiger charge is -2.10. The number of carbonyl (C=O) groups is 1. The van der Waals surface area contributed by atoms with Crippen LogP contribution in [0.3, 0.4) is 0 Å². The first-order valence-corrected chi connectivity index (χ1v) is 7.07. The highest BCUT2D eigenvalue weighted by molar-refractivity contribution is 6.33. The number of halogens is 1. The van der Waals surface area contributed by atoms with Gasteiger partial charge >= 0.3 is 5.97 Å². The van der Waals surface area contributed by atoms with Crippen LogP contribution in [-0.2, 0) is 11.2 Å². The maximum atomic E-state index is 11.1. The van der Waals surface area contributed by atoms with Crippen molar-refractivity contribution in [3.8, 4) is 11.3 Å². The van der Waals surface area contributed by atoms with Crippen LogP contribution in [0, 0.1) is 0 Å². The molecule has 0 aliphatic carbocycles. The number of pyridine rings is 1. The highest BCUT2D eigenvalue weighted by Gasteiger charge is 2.12. The molecule has 22 heavy (non-hydrogen) atoms. The highest BCUT2D eigenvalue weighted by atomic mass is 35.5. The van der Waals surface area contributed by atoms with Gasteiger partial charge < -0.3 is 5.11 Å². The van der Waals surface area contributed by atoms with E-state index in [0.29, 0.717) is 21.7 Å². The monoisotopic (exact) mass is 307 g/mol. The topological polar surface area (TPSA) is 50.2 Å². The van der Waals surface area contributed by atoms with Crippen molar-refractivity contribution in [2.45, 2.75) is 6.42 Å². The lowest BCUT2D eigenvalue weighted by molar-refractivity contribution is -0.136. The van der Waals surface area contributed by atoms with E-state index in [2.05, 4.69) is 4.98 Å². The summed E-state index contributed by atoms with van der Waals surface area (Å²) in [4.78, 5) is 15.7. The number of rotatable bonds is 3. The summed E-state index contributed by atoms with van der Waals surface area (Å²) in [6.45, 7) is 0. The Morgan fingerprint density at radius 2 is 2.00 bits per heavy atom. The van der Waals surface area contributed by atoms with Gasteiger partial charge in [0.1, 0.15) is 7.85 Å². The molecule has 0 spiro atoms. The van der Waals surface area contributed by atoms with Gasteiger partial charge in [-0.2, -0.15) is 0 Å². The molecule has 0 aliphatic rings. The van der Waals surface area contributed by atoms with Crippen molar-refractivity contribution in [3.05, 3.63) is 59.1 Å². The highest BCUT2D eigenvalue weighted by Crippen LogP contribution is 2.27. The number of nitrogens with zero attached hydrogens (tertiary/aromatic N) is 1. The van der Waals surface area contributed by atoms with Crippen LogP contribution in [0.1, 0.15) is 5.56 Å². The fourth-order valence-electron chi connectivity index (χ4n) is 2.42. The summed E-state index contributed by atoms with van der Waals surface area (Å²) in [5.74, 6) is -0.909. The van der Waals surface area contributed by atoms with Gasteiger partial charge in [-0.15, -0.1) is 0 Å². The number of carboxylic acid groups (broad SMARTS) is 1. The van der Waals surface area contributed by atoms with Gasteiger partial charge in [-0.1, -0.05) is 41.3 Å². The van der Waals surface area contributed by atoms with E-state index in [1.165, 1.54) is 0 Å². The molecule has 1 N–H and O–H groups in total. The largest absolute Gasteiger partial charge is 0.481 e.